The molecular formula is C10H14BrClN2O2S. The molecule has 1 aromatic carbocycles. The van der Waals surface area contributed by atoms with Crippen molar-refractivity contribution in [1.29, 1.82) is 0 Å². The first-order valence-corrected chi connectivity index (χ1v) is 7.55. The maximum absolute atomic E-state index is 12.3. The molecule has 17 heavy (non-hydrogen) atoms. The van der Waals surface area contributed by atoms with Crippen LogP contribution in [0.1, 0.15) is 6.92 Å². The number of hydrogen-bond acceptors (Lipinski definition) is 3. The second-order valence-corrected chi connectivity index (χ2v) is 6.94. The van der Waals surface area contributed by atoms with Crippen LogP contribution in [0.25, 0.3) is 0 Å². The molecule has 0 amide bonds. The second-order valence-electron chi connectivity index (χ2n) is 3.68. The van der Waals surface area contributed by atoms with Gasteiger partial charge in [-0.1, -0.05) is 11.6 Å². The van der Waals surface area contributed by atoms with Gasteiger partial charge in [-0.2, -0.15) is 4.31 Å². The number of benzene rings is 1. The number of likely N-dealkylation sites (N-methyl/N-ethyl adjacent to an activating group) is 1. The van der Waals surface area contributed by atoms with Crippen LogP contribution in [-0.2, 0) is 10.0 Å². The molecule has 1 aromatic rings. The van der Waals surface area contributed by atoms with E-state index < -0.39 is 10.0 Å². The minimum atomic E-state index is -3.55. The van der Waals surface area contributed by atoms with Crippen molar-refractivity contribution in [2.75, 3.05) is 13.6 Å². The molecule has 0 spiro atoms. The fourth-order valence-corrected chi connectivity index (χ4v) is 3.94. The summed E-state index contributed by atoms with van der Waals surface area (Å²) < 4.78 is 26.2. The van der Waals surface area contributed by atoms with Gasteiger partial charge < -0.3 is 5.73 Å². The Hall–Kier alpha value is -0.140. The summed E-state index contributed by atoms with van der Waals surface area (Å²) in [5.74, 6) is 0. The topological polar surface area (TPSA) is 63.4 Å². The van der Waals surface area contributed by atoms with Crippen LogP contribution in [0.5, 0.6) is 0 Å². The van der Waals surface area contributed by atoms with Crippen molar-refractivity contribution in [3.8, 4) is 0 Å². The van der Waals surface area contributed by atoms with Gasteiger partial charge in [0.15, 0.2) is 0 Å². The summed E-state index contributed by atoms with van der Waals surface area (Å²) in [7, 11) is -2.04. The Balaban J connectivity index is 3.22. The number of halogens is 2. The van der Waals surface area contributed by atoms with E-state index in [0.29, 0.717) is 9.50 Å². The number of sulfonamides is 1. The molecule has 0 aliphatic rings. The predicted octanol–water partition coefficient (Wildman–Crippen LogP) is 2.07. The van der Waals surface area contributed by atoms with Crippen LogP contribution in [0.15, 0.2) is 27.6 Å². The van der Waals surface area contributed by atoms with Crippen molar-refractivity contribution >= 4 is 37.6 Å². The first-order valence-electron chi connectivity index (χ1n) is 4.94. The molecule has 4 nitrogen and oxygen atoms in total. The molecule has 0 saturated heterocycles. The van der Waals surface area contributed by atoms with Gasteiger partial charge in [0.05, 0.1) is 4.90 Å². The lowest BCUT2D eigenvalue weighted by molar-refractivity contribution is 0.394. The maximum Gasteiger partial charge on any atom is 0.244 e. The minimum Gasteiger partial charge on any atom is -0.329 e. The van der Waals surface area contributed by atoms with Crippen LogP contribution in [0, 0.1) is 0 Å². The molecule has 0 bridgehead atoms. The number of nitrogens with two attached hydrogens (primary N) is 1. The fourth-order valence-electron chi connectivity index (χ4n) is 1.22. The van der Waals surface area contributed by atoms with E-state index in [1.165, 1.54) is 17.4 Å². The van der Waals surface area contributed by atoms with Crippen molar-refractivity contribution in [1.82, 2.24) is 4.31 Å². The average Bonchev–Trinajstić information content (AvgIpc) is 2.26. The highest BCUT2D eigenvalue weighted by molar-refractivity contribution is 9.10. The Labute approximate surface area is 115 Å². The average molecular weight is 342 g/mol. The maximum atomic E-state index is 12.3. The number of rotatable bonds is 4. The summed E-state index contributed by atoms with van der Waals surface area (Å²) in [6, 6.07) is 4.30. The highest BCUT2D eigenvalue weighted by Crippen LogP contribution is 2.27. The van der Waals surface area contributed by atoms with E-state index in [4.69, 9.17) is 17.3 Å². The molecule has 0 heterocycles. The van der Waals surface area contributed by atoms with Crippen LogP contribution in [0.2, 0.25) is 5.02 Å². The molecule has 0 aliphatic heterocycles. The normalized spacial score (nSPS) is 14.0. The lowest BCUT2D eigenvalue weighted by atomic mass is 10.4. The number of hydrogen-bond donors (Lipinski definition) is 1. The van der Waals surface area contributed by atoms with E-state index in [-0.39, 0.29) is 17.5 Å². The fraction of sp³-hybridized carbons (Fsp3) is 0.400. The largest absolute Gasteiger partial charge is 0.329 e. The molecule has 1 unspecified atom stereocenters. The Kier molecular flexibility index (Phi) is 4.97. The quantitative estimate of drug-likeness (QED) is 0.912. The van der Waals surface area contributed by atoms with E-state index in [1.807, 2.05) is 0 Å². The molecule has 0 aromatic heterocycles. The lowest BCUT2D eigenvalue weighted by Crippen LogP contribution is -2.39. The van der Waals surface area contributed by atoms with Gasteiger partial charge in [0.2, 0.25) is 10.0 Å². The van der Waals surface area contributed by atoms with Gasteiger partial charge in [-0.3, -0.25) is 0 Å². The summed E-state index contributed by atoms with van der Waals surface area (Å²) in [6.45, 7) is 2.02. The SMILES string of the molecule is CC(CN)N(C)S(=O)(=O)c1ccc(Cl)cc1Br. The second kappa shape index (κ2) is 5.67. The molecule has 0 fully saturated rings. The molecule has 0 saturated carbocycles. The first kappa shape index (κ1) is 14.9. The standard InChI is InChI=1S/C10H14BrClN2O2S/c1-7(6-13)14(2)17(15,16)10-4-3-8(12)5-9(10)11/h3-5,7H,6,13H2,1-2H3. The van der Waals surface area contributed by atoms with Gasteiger partial charge in [-0.05, 0) is 41.1 Å². The summed E-state index contributed by atoms with van der Waals surface area (Å²) >= 11 is 8.98. The van der Waals surface area contributed by atoms with Gasteiger partial charge >= 0.3 is 0 Å². The summed E-state index contributed by atoms with van der Waals surface area (Å²) in [4.78, 5) is 0.185. The first-order chi connectivity index (χ1) is 7.80. The Morgan fingerprint density at radius 2 is 2.12 bits per heavy atom. The third-order valence-electron chi connectivity index (χ3n) is 2.51. The van der Waals surface area contributed by atoms with Crippen LogP contribution in [0.4, 0.5) is 0 Å². The molecule has 2 N–H and O–H groups in total. The van der Waals surface area contributed by atoms with Gasteiger partial charge in [0.25, 0.3) is 0 Å². The van der Waals surface area contributed by atoms with Gasteiger partial charge in [0.1, 0.15) is 0 Å². The van der Waals surface area contributed by atoms with Crippen LogP contribution in [-0.4, -0.2) is 32.4 Å². The molecule has 7 heteroatoms. The van der Waals surface area contributed by atoms with E-state index in [0.717, 1.165) is 0 Å². The molecule has 96 valence electrons. The minimum absolute atomic E-state index is 0.185. The Morgan fingerprint density at radius 3 is 2.59 bits per heavy atom. The van der Waals surface area contributed by atoms with Crippen molar-refractivity contribution in [3.05, 3.63) is 27.7 Å². The smallest absolute Gasteiger partial charge is 0.244 e. The molecule has 0 aliphatic carbocycles. The van der Waals surface area contributed by atoms with E-state index in [9.17, 15) is 8.42 Å². The zero-order valence-corrected chi connectivity index (χ0v) is 12.7. The van der Waals surface area contributed by atoms with Crippen LogP contribution < -0.4 is 5.73 Å². The van der Waals surface area contributed by atoms with Crippen molar-refractivity contribution in [2.45, 2.75) is 17.9 Å². The van der Waals surface area contributed by atoms with Crippen LogP contribution >= 0.6 is 27.5 Å². The van der Waals surface area contributed by atoms with Crippen molar-refractivity contribution < 1.29 is 8.42 Å². The molecule has 1 rings (SSSR count). The van der Waals surface area contributed by atoms with Crippen molar-refractivity contribution in [2.24, 2.45) is 5.73 Å². The zero-order chi connectivity index (χ0) is 13.2. The van der Waals surface area contributed by atoms with Gasteiger partial charge in [-0.15, -0.1) is 0 Å². The van der Waals surface area contributed by atoms with Crippen LogP contribution in [0.3, 0.4) is 0 Å². The summed E-state index contributed by atoms with van der Waals surface area (Å²) in [5.41, 5.74) is 5.47. The Bertz CT molecular complexity index is 507. The molecule has 1 atom stereocenters. The molecular weight excluding hydrogens is 328 g/mol. The summed E-state index contributed by atoms with van der Waals surface area (Å²) in [5, 5.41) is 0.477. The lowest BCUT2D eigenvalue weighted by Gasteiger charge is -2.23. The van der Waals surface area contributed by atoms with E-state index in [1.54, 1.807) is 19.1 Å². The third-order valence-corrected chi connectivity index (χ3v) is 5.70. The highest BCUT2D eigenvalue weighted by atomic mass is 79.9. The highest BCUT2D eigenvalue weighted by Gasteiger charge is 2.26. The van der Waals surface area contributed by atoms with Gasteiger partial charge in [-0.25, -0.2) is 8.42 Å². The zero-order valence-electron chi connectivity index (χ0n) is 9.52. The monoisotopic (exact) mass is 340 g/mol. The van der Waals surface area contributed by atoms with Crippen molar-refractivity contribution in [3.63, 3.8) is 0 Å². The predicted molar refractivity (Wildman–Crippen MR) is 72.6 cm³/mol. The molecule has 0 radical (unpaired) electrons. The van der Waals surface area contributed by atoms with Gasteiger partial charge in [0, 0.05) is 29.1 Å². The van der Waals surface area contributed by atoms with E-state index in [2.05, 4.69) is 15.9 Å². The third kappa shape index (κ3) is 3.20. The Morgan fingerprint density at radius 1 is 1.53 bits per heavy atom. The number of nitrogens with zero attached hydrogens (tertiary/aromatic N) is 1. The summed E-state index contributed by atoms with van der Waals surface area (Å²) in [6.07, 6.45) is 0. The van der Waals surface area contributed by atoms with E-state index >= 15 is 0 Å².